The average molecular weight is 307 g/mol. The Morgan fingerprint density at radius 1 is 1.39 bits per heavy atom. The van der Waals surface area contributed by atoms with Crippen LogP contribution >= 0.6 is 15.9 Å². The van der Waals surface area contributed by atoms with Gasteiger partial charge in [0, 0.05) is 17.1 Å². The average Bonchev–Trinajstić information content (AvgIpc) is 2.63. The number of anilines is 1. The second kappa shape index (κ2) is 6.24. The predicted molar refractivity (Wildman–Crippen MR) is 78.8 cm³/mol. The van der Waals surface area contributed by atoms with Gasteiger partial charge >= 0.3 is 0 Å². The lowest BCUT2D eigenvalue weighted by molar-refractivity contribution is 0.556. The zero-order valence-corrected chi connectivity index (χ0v) is 12.4. The third-order valence-corrected chi connectivity index (χ3v) is 4.37. The summed E-state index contributed by atoms with van der Waals surface area (Å²) in [6.45, 7) is 3.39. The molecule has 0 bridgehead atoms. The third kappa shape index (κ3) is 2.87. The first-order valence-electron chi connectivity index (χ1n) is 6.72. The lowest BCUT2D eigenvalue weighted by Crippen LogP contribution is -2.34. The molecule has 1 fully saturated rings. The lowest BCUT2D eigenvalue weighted by atomic mass is 10.1. The molecule has 1 aromatic carbocycles. The molecule has 1 atom stereocenters. The first-order valence-corrected chi connectivity index (χ1v) is 7.52. The van der Waals surface area contributed by atoms with Crippen LogP contribution in [0.2, 0.25) is 0 Å². The molecule has 1 heterocycles. The van der Waals surface area contributed by atoms with Gasteiger partial charge in [0.25, 0.3) is 0 Å². The number of nitriles is 1. The Morgan fingerprint density at radius 3 is 2.89 bits per heavy atom. The van der Waals surface area contributed by atoms with Crippen molar-refractivity contribution in [3.05, 3.63) is 28.2 Å². The Labute approximate surface area is 118 Å². The third-order valence-electron chi connectivity index (χ3n) is 3.73. The zero-order valence-electron chi connectivity index (χ0n) is 10.8. The molecule has 0 aliphatic carbocycles. The van der Waals surface area contributed by atoms with E-state index in [1.165, 1.54) is 37.8 Å². The normalized spacial score (nSPS) is 20.3. The summed E-state index contributed by atoms with van der Waals surface area (Å²) in [5.41, 5.74) is 1.95. The van der Waals surface area contributed by atoms with Crippen molar-refractivity contribution < 1.29 is 0 Å². The summed E-state index contributed by atoms with van der Waals surface area (Å²) in [7, 11) is 0. The second-order valence-corrected chi connectivity index (χ2v) is 5.74. The molecule has 1 aliphatic heterocycles. The van der Waals surface area contributed by atoms with Gasteiger partial charge in [0.2, 0.25) is 0 Å². The summed E-state index contributed by atoms with van der Waals surface area (Å²) in [6.07, 6.45) is 6.40. The highest BCUT2D eigenvalue weighted by Crippen LogP contribution is 2.32. The monoisotopic (exact) mass is 306 g/mol. The van der Waals surface area contributed by atoms with Crippen LogP contribution in [0.1, 0.15) is 44.6 Å². The van der Waals surface area contributed by atoms with Gasteiger partial charge in [-0.1, -0.05) is 19.8 Å². The van der Waals surface area contributed by atoms with Gasteiger partial charge in [-0.05, 0) is 53.4 Å². The van der Waals surface area contributed by atoms with Crippen LogP contribution in [0.4, 0.5) is 5.69 Å². The molecule has 1 aromatic rings. The van der Waals surface area contributed by atoms with Crippen molar-refractivity contribution in [2.45, 2.75) is 45.1 Å². The van der Waals surface area contributed by atoms with Crippen LogP contribution in [-0.2, 0) is 0 Å². The molecule has 0 N–H and O–H groups in total. The summed E-state index contributed by atoms with van der Waals surface area (Å²) in [5, 5.41) is 8.92. The standard InChI is InChI=1S/C15H19BrN2/c1-2-13-6-4-3-5-9-18(13)15-8-7-12(11-17)10-14(15)16/h7-8,10,13H,2-6,9H2,1H3. The number of halogens is 1. The Balaban J connectivity index is 2.30. The summed E-state index contributed by atoms with van der Waals surface area (Å²) < 4.78 is 1.04. The van der Waals surface area contributed by atoms with E-state index in [2.05, 4.69) is 39.9 Å². The fourth-order valence-corrected chi connectivity index (χ4v) is 3.33. The van der Waals surface area contributed by atoms with E-state index in [4.69, 9.17) is 5.26 Å². The highest BCUT2D eigenvalue weighted by molar-refractivity contribution is 9.10. The molecule has 1 aliphatic rings. The molecule has 0 radical (unpaired) electrons. The molecule has 2 nitrogen and oxygen atoms in total. The van der Waals surface area contributed by atoms with Gasteiger partial charge in [-0.25, -0.2) is 0 Å². The van der Waals surface area contributed by atoms with Gasteiger partial charge in [-0.2, -0.15) is 5.26 Å². The maximum atomic E-state index is 8.92. The Morgan fingerprint density at radius 2 is 2.22 bits per heavy atom. The SMILES string of the molecule is CCC1CCCCCN1c1ccc(C#N)cc1Br. The number of benzene rings is 1. The van der Waals surface area contributed by atoms with E-state index in [1.54, 1.807) is 0 Å². The van der Waals surface area contributed by atoms with Crippen molar-refractivity contribution in [3.63, 3.8) is 0 Å². The number of hydrogen-bond donors (Lipinski definition) is 0. The van der Waals surface area contributed by atoms with Gasteiger partial charge in [0.15, 0.2) is 0 Å². The zero-order chi connectivity index (χ0) is 13.0. The Kier molecular flexibility index (Phi) is 4.66. The first kappa shape index (κ1) is 13.4. The van der Waals surface area contributed by atoms with E-state index in [-0.39, 0.29) is 0 Å². The topological polar surface area (TPSA) is 27.0 Å². The minimum atomic E-state index is 0.636. The van der Waals surface area contributed by atoms with E-state index in [9.17, 15) is 0 Å². The van der Waals surface area contributed by atoms with Gasteiger partial charge in [0.05, 0.1) is 17.3 Å². The fraction of sp³-hybridized carbons (Fsp3) is 0.533. The van der Waals surface area contributed by atoms with Crippen LogP contribution in [0.25, 0.3) is 0 Å². The lowest BCUT2D eigenvalue weighted by Gasteiger charge is -2.32. The van der Waals surface area contributed by atoms with Gasteiger partial charge in [0.1, 0.15) is 0 Å². The van der Waals surface area contributed by atoms with Crippen LogP contribution in [0.15, 0.2) is 22.7 Å². The van der Waals surface area contributed by atoms with Crippen molar-refractivity contribution >= 4 is 21.6 Å². The number of hydrogen-bond acceptors (Lipinski definition) is 2. The van der Waals surface area contributed by atoms with Crippen molar-refractivity contribution in [1.82, 2.24) is 0 Å². The molecule has 0 aromatic heterocycles. The van der Waals surface area contributed by atoms with E-state index in [0.717, 1.165) is 11.0 Å². The maximum absolute atomic E-state index is 8.92. The molecule has 1 unspecified atom stereocenters. The highest BCUT2D eigenvalue weighted by Gasteiger charge is 2.21. The largest absolute Gasteiger partial charge is 0.368 e. The molecule has 18 heavy (non-hydrogen) atoms. The van der Waals surface area contributed by atoms with Gasteiger partial charge < -0.3 is 4.90 Å². The van der Waals surface area contributed by atoms with E-state index < -0.39 is 0 Å². The van der Waals surface area contributed by atoms with Crippen LogP contribution in [0.3, 0.4) is 0 Å². The first-order chi connectivity index (χ1) is 8.76. The summed E-state index contributed by atoms with van der Waals surface area (Å²) in [5.74, 6) is 0. The number of nitrogens with zero attached hydrogens (tertiary/aromatic N) is 2. The highest BCUT2D eigenvalue weighted by atomic mass is 79.9. The molecule has 0 amide bonds. The molecule has 2 rings (SSSR count). The molecular weight excluding hydrogens is 288 g/mol. The smallest absolute Gasteiger partial charge is 0.0992 e. The van der Waals surface area contributed by atoms with Crippen LogP contribution < -0.4 is 4.90 Å². The quantitative estimate of drug-likeness (QED) is 0.805. The fourth-order valence-electron chi connectivity index (χ4n) is 2.73. The molecule has 0 saturated carbocycles. The minimum Gasteiger partial charge on any atom is -0.368 e. The van der Waals surface area contributed by atoms with Crippen LogP contribution in [0.5, 0.6) is 0 Å². The maximum Gasteiger partial charge on any atom is 0.0992 e. The van der Waals surface area contributed by atoms with E-state index >= 15 is 0 Å². The predicted octanol–water partition coefficient (Wildman–Crippen LogP) is 4.48. The summed E-state index contributed by atoms with van der Waals surface area (Å²) in [4.78, 5) is 2.51. The number of rotatable bonds is 2. The molecule has 0 spiro atoms. The van der Waals surface area contributed by atoms with E-state index in [1.807, 2.05) is 12.1 Å². The molecule has 3 heteroatoms. The molecular formula is C15H19BrN2. The van der Waals surface area contributed by atoms with E-state index in [0.29, 0.717) is 11.6 Å². The van der Waals surface area contributed by atoms with Gasteiger partial charge in [-0.3, -0.25) is 0 Å². The van der Waals surface area contributed by atoms with Crippen molar-refractivity contribution in [2.75, 3.05) is 11.4 Å². The van der Waals surface area contributed by atoms with Crippen LogP contribution in [-0.4, -0.2) is 12.6 Å². The van der Waals surface area contributed by atoms with Crippen molar-refractivity contribution in [1.29, 1.82) is 5.26 Å². The second-order valence-electron chi connectivity index (χ2n) is 4.88. The van der Waals surface area contributed by atoms with Crippen molar-refractivity contribution in [3.8, 4) is 6.07 Å². The molecule has 96 valence electrons. The minimum absolute atomic E-state index is 0.636. The van der Waals surface area contributed by atoms with Gasteiger partial charge in [-0.15, -0.1) is 0 Å². The van der Waals surface area contributed by atoms with Crippen molar-refractivity contribution in [2.24, 2.45) is 0 Å². The summed E-state index contributed by atoms with van der Waals surface area (Å²) in [6, 6.07) is 8.74. The Bertz CT molecular complexity index is 450. The molecule has 1 saturated heterocycles. The Hall–Kier alpha value is -1.01. The summed E-state index contributed by atoms with van der Waals surface area (Å²) >= 11 is 3.61. The van der Waals surface area contributed by atoms with Crippen LogP contribution in [0, 0.1) is 11.3 Å².